The minimum absolute atomic E-state index is 0.000845. The van der Waals surface area contributed by atoms with Crippen molar-refractivity contribution >= 4 is 5.97 Å². The molecule has 1 heterocycles. The highest BCUT2D eigenvalue weighted by molar-refractivity contribution is 5.90. The molecule has 0 saturated heterocycles. The maximum atomic E-state index is 13.6. The predicted molar refractivity (Wildman–Crippen MR) is 66.9 cm³/mol. The summed E-state index contributed by atoms with van der Waals surface area (Å²) in [6.45, 7) is 10.8. The molecule has 0 N–H and O–H groups in total. The number of hydrogen-bond donors (Lipinski definition) is 0. The van der Waals surface area contributed by atoms with Gasteiger partial charge in [-0.05, 0) is 0 Å². The number of nitrogens with zero attached hydrogens (tertiary/aromatic N) is 2. The lowest BCUT2D eigenvalue weighted by atomic mass is 10.2. The van der Waals surface area contributed by atoms with Gasteiger partial charge in [-0.1, -0.05) is 31.4 Å². The Bertz CT molecular complexity index is 466. The van der Waals surface area contributed by atoms with Crippen molar-refractivity contribution < 1.29 is 13.9 Å². The summed E-state index contributed by atoms with van der Waals surface area (Å²) >= 11 is 0. The molecule has 1 rings (SSSR count). The van der Waals surface area contributed by atoms with Gasteiger partial charge in [0.25, 0.3) is 0 Å². The van der Waals surface area contributed by atoms with E-state index in [2.05, 4.69) is 24.8 Å². The van der Waals surface area contributed by atoms with Gasteiger partial charge in [0, 0.05) is 6.20 Å². The van der Waals surface area contributed by atoms with Crippen LogP contribution < -0.4 is 0 Å². The van der Waals surface area contributed by atoms with E-state index in [1.54, 1.807) is 6.08 Å². The van der Waals surface area contributed by atoms with Gasteiger partial charge in [-0.3, -0.25) is 4.68 Å². The standard InChI is InChI=1S/C13H15FN2O2/c1-4-7-16-9-10(13(17)18-8-5-2)12(15-16)11(14)6-3/h4-6,9,11H,1-3,7-8H2. The number of aromatic nitrogens is 2. The number of halogens is 1. The second-order valence-corrected chi connectivity index (χ2v) is 3.46. The quantitative estimate of drug-likeness (QED) is 0.552. The highest BCUT2D eigenvalue weighted by Gasteiger charge is 2.22. The molecule has 96 valence electrons. The molecule has 0 bridgehead atoms. The molecule has 1 atom stereocenters. The summed E-state index contributed by atoms with van der Waals surface area (Å²) in [6, 6.07) is 0. The van der Waals surface area contributed by atoms with Crippen LogP contribution in [0.25, 0.3) is 0 Å². The van der Waals surface area contributed by atoms with Gasteiger partial charge < -0.3 is 4.74 Å². The summed E-state index contributed by atoms with van der Waals surface area (Å²) < 4.78 is 19.9. The summed E-state index contributed by atoms with van der Waals surface area (Å²) in [4.78, 5) is 11.7. The number of rotatable bonds is 7. The molecule has 1 aromatic rings. The fourth-order valence-corrected chi connectivity index (χ4v) is 1.35. The van der Waals surface area contributed by atoms with Crippen LogP contribution >= 0.6 is 0 Å². The van der Waals surface area contributed by atoms with Crippen LogP contribution in [0.3, 0.4) is 0 Å². The maximum absolute atomic E-state index is 13.6. The van der Waals surface area contributed by atoms with Gasteiger partial charge in [0.05, 0.1) is 6.54 Å². The van der Waals surface area contributed by atoms with Crippen molar-refractivity contribution in [1.29, 1.82) is 0 Å². The smallest absolute Gasteiger partial charge is 0.342 e. The van der Waals surface area contributed by atoms with Gasteiger partial charge in [0.2, 0.25) is 0 Å². The lowest BCUT2D eigenvalue weighted by Crippen LogP contribution is -2.07. The van der Waals surface area contributed by atoms with Crippen LogP contribution in [0.4, 0.5) is 4.39 Å². The Morgan fingerprint density at radius 3 is 2.78 bits per heavy atom. The summed E-state index contributed by atoms with van der Waals surface area (Å²) in [5.74, 6) is -0.635. The number of carbonyl (C=O) groups is 1. The Balaban J connectivity index is 3.05. The number of carbonyl (C=O) groups excluding carboxylic acids is 1. The van der Waals surface area contributed by atoms with Crippen molar-refractivity contribution in [2.75, 3.05) is 6.61 Å². The first kappa shape index (κ1) is 13.9. The molecule has 0 fully saturated rings. The van der Waals surface area contributed by atoms with Crippen LogP contribution in [0.15, 0.2) is 44.2 Å². The average Bonchev–Trinajstić information content (AvgIpc) is 2.79. The molecule has 4 nitrogen and oxygen atoms in total. The third-order valence-corrected chi connectivity index (χ3v) is 2.13. The van der Waals surface area contributed by atoms with E-state index in [9.17, 15) is 9.18 Å². The lowest BCUT2D eigenvalue weighted by Gasteiger charge is -2.02. The first-order chi connectivity index (χ1) is 8.63. The van der Waals surface area contributed by atoms with Crippen LogP contribution in [0.5, 0.6) is 0 Å². The number of alkyl halides is 1. The molecule has 1 unspecified atom stereocenters. The molecule has 0 aliphatic carbocycles. The molecule has 18 heavy (non-hydrogen) atoms. The number of esters is 1. The molecule has 1 aromatic heterocycles. The topological polar surface area (TPSA) is 44.1 Å². The van der Waals surface area contributed by atoms with Gasteiger partial charge in [-0.15, -0.1) is 6.58 Å². The highest BCUT2D eigenvalue weighted by Crippen LogP contribution is 2.21. The van der Waals surface area contributed by atoms with Crippen LogP contribution in [0, 0.1) is 0 Å². The molecular formula is C13H15FN2O2. The largest absolute Gasteiger partial charge is 0.458 e. The molecule has 0 spiro atoms. The normalized spacial score (nSPS) is 11.6. The Morgan fingerprint density at radius 2 is 2.22 bits per heavy atom. The molecule has 0 aliphatic rings. The monoisotopic (exact) mass is 250 g/mol. The summed E-state index contributed by atoms with van der Waals surface area (Å²) in [6.07, 6.45) is 4.02. The van der Waals surface area contributed by atoms with Crippen LogP contribution in [0.2, 0.25) is 0 Å². The average molecular weight is 250 g/mol. The van der Waals surface area contributed by atoms with E-state index in [1.165, 1.54) is 17.0 Å². The SMILES string of the molecule is C=CCOC(=O)c1cn(CC=C)nc1C(F)C=C. The van der Waals surface area contributed by atoms with Crippen LogP contribution in [-0.2, 0) is 11.3 Å². The van der Waals surface area contributed by atoms with Crippen LogP contribution in [-0.4, -0.2) is 22.4 Å². The van der Waals surface area contributed by atoms with E-state index in [0.29, 0.717) is 6.54 Å². The summed E-state index contributed by atoms with van der Waals surface area (Å²) in [5, 5.41) is 3.97. The van der Waals surface area contributed by atoms with Crippen molar-refractivity contribution in [1.82, 2.24) is 9.78 Å². The minimum atomic E-state index is -1.51. The van der Waals surface area contributed by atoms with E-state index in [0.717, 1.165) is 6.08 Å². The molecule has 0 radical (unpaired) electrons. The van der Waals surface area contributed by atoms with E-state index in [-0.39, 0.29) is 17.9 Å². The van der Waals surface area contributed by atoms with Crippen molar-refractivity contribution in [2.24, 2.45) is 0 Å². The molecule has 0 saturated carbocycles. The molecule has 0 amide bonds. The van der Waals surface area contributed by atoms with E-state index < -0.39 is 12.1 Å². The Labute approximate surface area is 105 Å². The van der Waals surface area contributed by atoms with E-state index >= 15 is 0 Å². The summed E-state index contributed by atoms with van der Waals surface area (Å²) in [5.41, 5.74) is 0.0898. The fourth-order valence-electron chi connectivity index (χ4n) is 1.35. The zero-order valence-electron chi connectivity index (χ0n) is 10.0. The second kappa shape index (κ2) is 6.54. The van der Waals surface area contributed by atoms with Gasteiger partial charge in [0.15, 0.2) is 6.17 Å². The first-order valence-corrected chi connectivity index (χ1v) is 5.37. The Kier molecular flexibility index (Phi) is 5.05. The van der Waals surface area contributed by atoms with Gasteiger partial charge in [-0.2, -0.15) is 5.10 Å². The molecular weight excluding hydrogens is 235 g/mol. The molecule has 0 aliphatic heterocycles. The zero-order chi connectivity index (χ0) is 13.5. The molecule has 5 heteroatoms. The Morgan fingerprint density at radius 1 is 1.50 bits per heavy atom. The lowest BCUT2D eigenvalue weighted by molar-refractivity contribution is 0.0547. The second-order valence-electron chi connectivity index (χ2n) is 3.46. The molecule has 0 aromatic carbocycles. The maximum Gasteiger partial charge on any atom is 0.342 e. The fraction of sp³-hybridized carbons (Fsp3) is 0.231. The number of ether oxygens (including phenoxy) is 1. The third kappa shape index (κ3) is 3.16. The van der Waals surface area contributed by atoms with Crippen LogP contribution in [0.1, 0.15) is 22.2 Å². The predicted octanol–water partition coefficient (Wildman–Crippen LogP) is 2.61. The number of hydrogen-bond acceptors (Lipinski definition) is 3. The van der Waals surface area contributed by atoms with Gasteiger partial charge in [-0.25, -0.2) is 9.18 Å². The number of allylic oxidation sites excluding steroid dienone is 2. The van der Waals surface area contributed by atoms with Crippen molar-refractivity contribution in [3.63, 3.8) is 0 Å². The zero-order valence-corrected chi connectivity index (χ0v) is 10.0. The van der Waals surface area contributed by atoms with E-state index in [4.69, 9.17) is 4.74 Å². The first-order valence-electron chi connectivity index (χ1n) is 5.37. The minimum Gasteiger partial charge on any atom is -0.458 e. The van der Waals surface area contributed by atoms with Crippen molar-refractivity contribution in [3.8, 4) is 0 Å². The van der Waals surface area contributed by atoms with Crippen molar-refractivity contribution in [2.45, 2.75) is 12.7 Å². The third-order valence-electron chi connectivity index (χ3n) is 2.13. The summed E-state index contributed by atoms with van der Waals surface area (Å²) in [7, 11) is 0. The Hall–Kier alpha value is -2.17. The van der Waals surface area contributed by atoms with Gasteiger partial charge >= 0.3 is 5.97 Å². The van der Waals surface area contributed by atoms with Crippen molar-refractivity contribution in [3.05, 3.63) is 55.4 Å². The highest BCUT2D eigenvalue weighted by atomic mass is 19.1. The van der Waals surface area contributed by atoms with Gasteiger partial charge in [0.1, 0.15) is 17.9 Å². The van der Waals surface area contributed by atoms with E-state index in [1.807, 2.05) is 0 Å².